The zero-order valence-electron chi connectivity index (χ0n) is 15.3. The first-order valence-corrected chi connectivity index (χ1v) is 8.37. The molecule has 32 heavy (non-hydrogen) atoms. The Morgan fingerprint density at radius 2 is 1.50 bits per heavy atom. The number of nitro groups is 1. The molecule has 1 heterocycles. The van der Waals surface area contributed by atoms with Crippen LogP contribution < -0.4 is 19.2 Å². The molecule has 2 aromatic rings. The highest BCUT2D eigenvalue weighted by atomic mass is 35.5. The first kappa shape index (κ1) is 24.7. The highest BCUT2D eigenvalue weighted by Crippen LogP contribution is 2.25. The van der Waals surface area contributed by atoms with Crippen LogP contribution in [0.15, 0.2) is 30.3 Å². The number of urea groups is 1. The van der Waals surface area contributed by atoms with E-state index < -0.39 is 54.2 Å². The van der Waals surface area contributed by atoms with E-state index in [0.717, 1.165) is 24.3 Å². The molecule has 0 saturated heterocycles. The summed E-state index contributed by atoms with van der Waals surface area (Å²) in [5, 5.41) is 12.6. The molecule has 2 amide bonds. The van der Waals surface area contributed by atoms with Gasteiger partial charge in [-0.1, -0.05) is 0 Å². The Bertz CT molecular complexity index is 936. The van der Waals surface area contributed by atoms with Crippen molar-refractivity contribution in [3.05, 3.63) is 40.4 Å². The number of alkyl halides is 6. The van der Waals surface area contributed by atoms with Crippen molar-refractivity contribution >= 4 is 35.1 Å². The molecule has 0 spiro atoms. The van der Waals surface area contributed by atoms with E-state index in [1.165, 1.54) is 0 Å². The Morgan fingerprint density at radius 3 is 1.91 bits per heavy atom. The summed E-state index contributed by atoms with van der Waals surface area (Å²) in [5.74, 6) is -2.48. The summed E-state index contributed by atoms with van der Waals surface area (Å²) in [5.41, 5.74) is -0.365. The van der Waals surface area contributed by atoms with Gasteiger partial charge in [0.2, 0.25) is 17.7 Å². The number of nitrogens with zero attached hydrogens (tertiary/aromatic N) is 4. The largest absolute Gasteiger partial charge is 0.468 e. The Kier molecular flexibility index (Phi) is 7.50. The van der Waals surface area contributed by atoms with Gasteiger partial charge in [0.15, 0.2) is 13.2 Å². The van der Waals surface area contributed by atoms with Crippen LogP contribution >= 0.6 is 11.8 Å². The lowest BCUT2D eigenvalue weighted by atomic mass is 10.3. The summed E-state index contributed by atoms with van der Waals surface area (Å²) in [6, 6.07) is 3.63. The van der Waals surface area contributed by atoms with Crippen LogP contribution in [0.2, 0.25) is 0 Å². The quantitative estimate of drug-likeness (QED) is 0.264. The number of ether oxygens (including phenoxy) is 2. The van der Waals surface area contributed by atoms with Crippen LogP contribution in [0.1, 0.15) is 0 Å². The SMILES string of the molecule is O=C(Nc1nc(OCC(F)(F)F)cc(OCC(F)(F)F)n1)N(Cl)c1ccc([N+](=O)[O-])cc1. The number of nitro benzene ring substituents is 1. The summed E-state index contributed by atoms with van der Waals surface area (Å²) in [6.45, 7) is -3.67. The van der Waals surface area contributed by atoms with Crippen LogP contribution in [0.25, 0.3) is 0 Å². The minimum atomic E-state index is -4.79. The second-order valence-electron chi connectivity index (χ2n) is 5.66. The monoisotopic (exact) mass is 489 g/mol. The molecular weight excluding hydrogens is 480 g/mol. The highest BCUT2D eigenvalue weighted by Gasteiger charge is 2.30. The van der Waals surface area contributed by atoms with Crippen LogP contribution in [0.4, 0.5) is 48.5 Å². The fourth-order valence-electron chi connectivity index (χ4n) is 1.89. The summed E-state index contributed by atoms with van der Waals surface area (Å²) in [4.78, 5) is 29.0. The molecule has 0 saturated carbocycles. The molecule has 1 aromatic heterocycles. The predicted molar refractivity (Wildman–Crippen MR) is 95.6 cm³/mol. The molecule has 0 fully saturated rings. The Labute approximate surface area is 179 Å². The van der Waals surface area contributed by atoms with Gasteiger partial charge in [0.1, 0.15) is 0 Å². The van der Waals surface area contributed by atoms with Crippen LogP contribution in [0.3, 0.4) is 0 Å². The van der Waals surface area contributed by atoms with Crippen molar-refractivity contribution in [2.24, 2.45) is 0 Å². The lowest BCUT2D eigenvalue weighted by Gasteiger charge is -2.16. The molecule has 0 atom stereocenters. The number of aromatic nitrogens is 2. The van der Waals surface area contributed by atoms with Gasteiger partial charge in [0, 0.05) is 23.9 Å². The maximum Gasteiger partial charge on any atom is 0.422 e. The Hall–Kier alpha value is -3.56. The number of non-ortho nitro benzene ring substituents is 1. The third-order valence-corrected chi connectivity index (χ3v) is 3.48. The fraction of sp³-hybridized carbons (Fsp3) is 0.267. The van der Waals surface area contributed by atoms with Gasteiger partial charge < -0.3 is 9.47 Å². The lowest BCUT2D eigenvalue weighted by molar-refractivity contribution is -0.384. The second kappa shape index (κ2) is 9.71. The van der Waals surface area contributed by atoms with Crippen molar-refractivity contribution in [3.8, 4) is 11.8 Å². The zero-order valence-corrected chi connectivity index (χ0v) is 16.0. The minimum Gasteiger partial charge on any atom is -0.468 e. The maximum atomic E-state index is 12.3. The van der Waals surface area contributed by atoms with Crippen LogP contribution in [-0.2, 0) is 0 Å². The van der Waals surface area contributed by atoms with E-state index in [9.17, 15) is 41.3 Å². The van der Waals surface area contributed by atoms with E-state index in [-0.39, 0.29) is 11.4 Å². The van der Waals surface area contributed by atoms with Gasteiger partial charge in [0.05, 0.1) is 16.7 Å². The van der Waals surface area contributed by atoms with Crippen molar-refractivity contribution in [2.45, 2.75) is 12.4 Å². The third kappa shape index (κ3) is 7.93. The van der Waals surface area contributed by atoms with Gasteiger partial charge in [-0.3, -0.25) is 15.4 Å². The Balaban J connectivity index is 2.21. The van der Waals surface area contributed by atoms with Crippen molar-refractivity contribution in [1.82, 2.24) is 9.97 Å². The molecular formula is C15H10ClF6N5O5. The first-order valence-electron chi connectivity index (χ1n) is 8.03. The van der Waals surface area contributed by atoms with Crippen LogP contribution in [0, 0.1) is 10.1 Å². The van der Waals surface area contributed by atoms with E-state index in [0.29, 0.717) is 10.5 Å². The number of carbonyl (C=O) groups is 1. The Morgan fingerprint density at radius 1 is 1.03 bits per heavy atom. The van der Waals surface area contributed by atoms with Crippen molar-refractivity contribution in [1.29, 1.82) is 0 Å². The van der Waals surface area contributed by atoms with Crippen molar-refractivity contribution in [3.63, 3.8) is 0 Å². The average molecular weight is 490 g/mol. The molecule has 0 unspecified atom stereocenters. The predicted octanol–water partition coefficient (Wildman–Crippen LogP) is 4.46. The standard InChI is InChI=1S/C15H10ClF6N5O5/c16-26(8-1-3-9(4-2-8)27(29)30)13(28)25-12-23-10(31-6-14(17,18)19)5-11(24-12)32-7-15(20,21)22/h1-5H,6-7H2,(H,23,24,25,28). The topological polar surface area (TPSA) is 120 Å². The van der Waals surface area contributed by atoms with E-state index in [2.05, 4.69) is 19.4 Å². The number of nitrogens with one attached hydrogen (secondary N) is 1. The van der Waals surface area contributed by atoms with Crippen molar-refractivity contribution in [2.75, 3.05) is 22.9 Å². The van der Waals surface area contributed by atoms with Gasteiger partial charge in [-0.25, -0.2) is 9.21 Å². The number of hydrogen-bond donors (Lipinski definition) is 1. The first-order chi connectivity index (χ1) is 14.7. The molecule has 0 aliphatic carbocycles. The number of benzene rings is 1. The highest BCUT2D eigenvalue weighted by molar-refractivity contribution is 6.37. The van der Waals surface area contributed by atoms with Crippen LogP contribution in [-0.4, -0.2) is 46.5 Å². The normalized spacial score (nSPS) is 11.6. The van der Waals surface area contributed by atoms with E-state index in [4.69, 9.17) is 11.8 Å². The molecule has 1 aromatic carbocycles. The average Bonchev–Trinajstić information content (AvgIpc) is 2.69. The summed E-state index contributed by atoms with van der Waals surface area (Å²) < 4.78 is 83.2. The van der Waals surface area contributed by atoms with Gasteiger partial charge in [-0.15, -0.1) is 0 Å². The molecule has 1 N–H and O–H groups in total. The number of halogens is 7. The van der Waals surface area contributed by atoms with E-state index in [1.807, 2.05) is 5.32 Å². The fourth-order valence-corrected chi connectivity index (χ4v) is 2.04. The second-order valence-corrected chi connectivity index (χ2v) is 6.00. The molecule has 2 rings (SSSR count). The number of rotatable bonds is 7. The number of anilines is 2. The summed E-state index contributed by atoms with van der Waals surface area (Å²) in [6.07, 6.45) is -9.57. The molecule has 0 aliphatic rings. The number of carbonyl (C=O) groups excluding carboxylic acids is 1. The molecule has 174 valence electrons. The van der Waals surface area contributed by atoms with Crippen LogP contribution in [0.5, 0.6) is 11.8 Å². The molecule has 0 radical (unpaired) electrons. The van der Waals surface area contributed by atoms with E-state index in [1.54, 1.807) is 0 Å². The maximum absolute atomic E-state index is 12.3. The molecule has 10 nitrogen and oxygen atoms in total. The summed E-state index contributed by atoms with van der Waals surface area (Å²) >= 11 is 5.80. The molecule has 17 heteroatoms. The van der Waals surface area contributed by atoms with Crippen molar-refractivity contribution < 1.29 is 45.5 Å². The molecule has 0 aliphatic heterocycles. The minimum absolute atomic E-state index is 0.0622. The third-order valence-electron chi connectivity index (χ3n) is 3.13. The summed E-state index contributed by atoms with van der Waals surface area (Å²) in [7, 11) is 0. The van der Waals surface area contributed by atoms with Gasteiger partial charge in [0.25, 0.3) is 5.69 Å². The zero-order chi connectivity index (χ0) is 24.1. The van der Waals surface area contributed by atoms with E-state index >= 15 is 0 Å². The van der Waals surface area contributed by atoms with Gasteiger partial charge in [-0.05, 0) is 12.1 Å². The number of hydrogen-bond acceptors (Lipinski definition) is 7. The van der Waals surface area contributed by atoms with Gasteiger partial charge >= 0.3 is 18.4 Å². The van der Waals surface area contributed by atoms with Gasteiger partial charge in [-0.2, -0.15) is 36.3 Å². The lowest BCUT2D eigenvalue weighted by Crippen LogP contribution is -2.28. The smallest absolute Gasteiger partial charge is 0.422 e. The number of amides is 2. The molecule has 0 bridgehead atoms.